The van der Waals surface area contributed by atoms with Crippen LogP contribution in [0.25, 0.3) is 22.4 Å². The summed E-state index contributed by atoms with van der Waals surface area (Å²) < 4.78 is 30.5. The molecule has 0 spiro atoms. The zero-order chi connectivity index (χ0) is 21.8. The zero-order valence-corrected chi connectivity index (χ0v) is 19.0. The highest BCUT2D eigenvalue weighted by molar-refractivity contribution is 7.92. The van der Waals surface area contributed by atoms with Gasteiger partial charge in [-0.25, -0.2) is 23.4 Å². The van der Waals surface area contributed by atoms with E-state index in [0.717, 1.165) is 10.9 Å². The van der Waals surface area contributed by atoms with E-state index in [2.05, 4.69) is 21.8 Å². The minimum absolute atomic E-state index is 0.116. The number of hydrogen-bond acceptors (Lipinski definition) is 7. The molecule has 10 heteroatoms. The predicted octanol–water partition coefficient (Wildman–Crippen LogP) is 3.32. The van der Waals surface area contributed by atoms with E-state index in [9.17, 15) is 8.42 Å². The molecule has 31 heavy (non-hydrogen) atoms. The third-order valence-electron chi connectivity index (χ3n) is 6.41. The van der Waals surface area contributed by atoms with E-state index < -0.39 is 14.6 Å². The normalized spacial score (nSPS) is 25.9. The summed E-state index contributed by atoms with van der Waals surface area (Å²) >= 11 is 6.27. The van der Waals surface area contributed by atoms with Gasteiger partial charge in [0.25, 0.3) is 0 Å². The molecule has 0 saturated carbocycles. The van der Waals surface area contributed by atoms with Crippen molar-refractivity contribution in [3.8, 4) is 11.4 Å². The fourth-order valence-electron chi connectivity index (χ4n) is 4.50. The van der Waals surface area contributed by atoms with Crippen molar-refractivity contribution >= 4 is 38.3 Å². The Morgan fingerprint density at radius 3 is 2.87 bits per heavy atom. The van der Waals surface area contributed by atoms with Gasteiger partial charge in [-0.2, -0.15) is 0 Å². The number of aromatic nitrogens is 4. The molecule has 0 bridgehead atoms. The van der Waals surface area contributed by atoms with E-state index in [4.69, 9.17) is 26.3 Å². The van der Waals surface area contributed by atoms with Crippen LogP contribution in [-0.2, 0) is 19.3 Å². The van der Waals surface area contributed by atoms with Crippen LogP contribution in [-0.4, -0.2) is 59.9 Å². The van der Waals surface area contributed by atoms with Gasteiger partial charge in [-0.3, -0.25) is 0 Å². The van der Waals surface area contributed by atoms with E-state index >= 15 is 0 Å². The second-order valence-electron chi connectivity index (χ2n) is 8.44. The van der Waals surface area contributed by atoms with Crippen molar-refractivity contribution in [2.45, 2.75) is 37.5 Å². The SMILES string of the molecule is CC1COCCN1c1cc(C2(C)CCCS2(=O)=O)nc(-c2cc(Cl)nc3[nH]ccc23)n1. The molecule has 3 aromatic rings. The van der Waals surface area contributed by atoms with E-state index in [1.54, 1.807) is 19.2 Å². The Kier molecular flexibility index (Phi) is 4.95. The van der Waals surface area contributed by atoms with Crippen molar-refractivity contribution in [2.75, 3.05) is 30.4 Å². The summed E-state index contributed by atoms with van der Waals surface area (Å²) in [5, 5.41) is 1.15. The molecule has 5 heterocycles. The lowest BCUT2D eigenvalue weighted by molar-refractivity contribution is 0.0985. The molecule has 5 rings (SSSR count). The molecule has 164 valence electrons. The highest BCUT2D eigenvalue weighted by atomic mass is 35.5. The van der Waals surface area contributed by atoms with E-state index in [1.807, 2.05) is 12.1 Å². The van der Waals surface area contributed by atoms with Crippen molar-refractivity contribution in [2.24, 2.45) is 0 Å². The topological polar surface area (TPSA) is 101 Å². The highest BCUT2D eigenvalue weighted by Crippen LogP contribution is 2.42. The first kappa shape index (κ1) is 20.7. The average Bonchev–Trinajstić information content (AvgIpc) is 3.31. The summed E-state index contributed by atoms with van der Waals surface area (Å²) in [6.07, 6.45) is 2.96. The van der Waals surface area contributed by atoms with Crippen molar-refractivity contribution in [3.05, 3.63) is 35.2 Å². The molecular formula is C21H24ClN5O3S. The number of sulfone groups is 1. The number of nitrogens with one attached hydrogen (secondary N) is 1. The minimum atomic E-state index is -3.32. The summed E-state index contributed by atoms with van der Waals surface area (Å²) in [6.45, 7) is 5.71. The van der Waals surface area contributed by atoms with Gasteiger partial charge < -0.3 is 14.6 Å². The molecule has 0 aliphatic carbocycles. The van der Waals surface area contributed by atoms with Crippen LogP contribution >= 0.6 is 11.6 Å². The molecule has 2 fully saturated rings. The fraction of sp³-hybridized carbons (Fsp3) is 0.476. The van der Waals surface area contributed by atoms with Crippen molar-refractivity contribution in [1.29, 1.82) is 0 Å². The number of pyridine rings is 1. The van der Waals surface area contributed by atoms with Gasteiger partial charge in [0.1, 0.15) is 21.4 Å². The molecule has 2 atom stereocenters. The highest BCUT2D eigenvalue weighted by Gasteiger charge is 2.46. The Bertz CT molecular complexity index is 1260. The number of H-pyrrole nitrogens is 1. The quantitative estimate of drug-likeness (QED) is 0.597. The molecule has 2 saturated heterocycles. The second-order valence-corrected chi connectivity index (χ2v) is 11.4. The third-order valence-corrected chi connectivity index (χ3v) is 9.21. The molecule has 0 radical (unpaired) electrons. The van der Waals surface area contributed by atoms with Crippen LogP contribution in [0.3, 0.4) is 0 Å². The van der Waals surface area contributed by atoms with E-state index in [0.29, 0.717) is 60.7 Å². The van der Waals surface area contributed by atoms with Crippen LogP contribution in [0.5, 0.6) is 0 Å². The van der Waals surface area contributed by atoms with Gasteiger partial charge in [0.05, 0.1) is 30.7 Å². The number of ether oxygens (including phenoxy) is 1. The molecule has 3 aromatic heterocycles. The second kappa shape index (κ2) is 7.43. The number of fused-ring (bicyclic) bond motifs is 1. The van der Waals surface area contributed by atoms with Crippen LogP contribution in [0.1, 0.15) is 32.4 Å². The molecule has 2 unspecified atom stereocenters. The molecule has 2 aliphatic heterocycles. The van der Waals surface area contributed by atoms with Crippen LogP contribution < -0.4 is 4.90 Å². The largest absolute Gasteiger partial charge is 0.377 e. The number of hydrogen-bond donors (Lipinski definition) is 1. The third kappa shape index (κ3) is 3.39. The van der Waals surface area contributed by atoms with Crippen LogP contribution in [0.4, 0.5) is 5.82 Å². The van der Waals surface area contributed by atoms with Gasteiger partial charge in [-0.15, -0.1) is 0 Å². The summed E-state index contributed by atoms with van der Waals surface area (Å²) in [4.78, 5) is 19.2. The number of anilines is 1. The fourth-order valence-corrected chi connectivity index (χ4v) is 6.55. The Morgan fingerprint density at radius 1 is 1.29 bits per heavy atom. The monoisotopic (exact) mass is 461 g/mol. The summed E-state index contributed by atoms with van der Waals surface area (Å²) in [5.41, 5.74) is 1.89. The van der Waals surface area contributed by atoms with Gasteiger partial charge in [-0.05, 0) is 38.8 Å². The smallest absolute Gasteiger partial charge is 0.162 e. The Hall–Kier alpha value is -2.23. The minimum Gasteiger partial charge on any atom is -0.377 e. The predicted molar refractivity (Wildman–Crippen MR) is 120 cm³/mol. The first-order valence-electron chi connectivity index (χ1n) is 10.4. The molecule has 2 aliphatic rings. The first-order chi connectivity index (χ1) is 14.8. The molecule has 0 aromatic carbocycles. The van der Waals surface area contributed by atoms with Gasteiger partial charge in [0, 0.05) is 29.8 Å². The van der Waals surface area contributed by atoms with E-state index in [-0.39, 0.29) is 11.8 Å². The lowest BCUT2D eigenvalue weighted by atomic mass is 10.0. The molecule has 8 nitrogen and oxygen atoms in total. The van der Waals surface area contributed by atoms with Crippen LogP contribution in [0.15, 0.2) is 24.4 Å². The van der Waals surface area contributed by atoms with Crippen molar-refractivity contribution < 1.29 is 13.2 Å². The first-order valence-corrected chi connectivity index (χ1v) is 12.4. The molecule has 1 N–H and O–H groups in total. The number of nitrogens with zero attached hydrogens (tertiary/aromatic N) is 4. The lowest BCUT2D eigenvalue weighted by Crippen LogP contribution is -2.44. The van der Waals surface area contributed by atoms with Gasteiger partial charge in [-0.1, -0.05) is 11.6 Å². The van der Waals surface area contributed by atoms with Gasteiger partial charge in [0.15, 0.2) is 15.7 Å². The van der Waals surface area contributed by atoms with Crippen molar-refractivity contribution in [1.82, 2.24) is 19.9 Å². The Balaban J connectivity index is 1.75. The zero-order valence-electron chi connectivity index (χ0n) is 17.4. The Labute approximate surface area is 185 Å². The number of aromatic amines is 1. The van der Waals surface area contributed by atoms with Gasteiger partial charge in [0.2, 0.25) is 0 Å². The number of rotatable bonds is 3. The summed E-state index contributed by atoms with van der Waals surface area (Å²) in [7, 11) is -3.32. The van der Waals surface area contributed by atoms with Gasteiger partial charge >= 0.3 is 0 Å². The maximum atomic E-state index is 13.0. The maximum absolute atomic E-state index is 13.0. The molecular weight excluding hydrogens is 438 g/mol. The van der Waals surface area contributed by atoms with E-state index in [1.165, 1.54) is 0 Å². The number of halogens is 1. The van der Waals surface area contributed by atoms with Crippen LogP contribution in [0.2, 0.25) is 5.15 Å². The average molecular weight is 462 g/mol. The summed E-state index contributed by atoms with van der Waals surface area (Å²) in [5.74, 6) is 1.33. The standard InChI is InChI=1S/C21H24ClN5O3S/c1-13-12-30-8-7-27(13)18-11-16(21(2)5-3-9-31(21,28)29)24-20(26-18)15-10-17(22)25-19-14(15)4-6-23-19/h4,6,10-11,13H,3,5,7-9,12H2,1-2H3,(H,23,25). The molecule has 0 amide bonds. The van der Waals surface area contributed by atoms with Crippen molar-refractivity contribution in [3.63, 3.8) is 0 Å². The number of morpholine rings is 1. The summed E-state index contributed by atoms with van der Waals surface area (Å²) in [6, 6.07) is 5.58. The Morgan fingerprint density at radius 2 is 2.13 bits per heavy atom. The lowest BCUT2D eigenvalue weighted by Gasteiger charge is -2.35. The maximum Gasteiger partial charge on any atom is 0.162 e. The van der Waals surface area contributed by atoms with Crippen LogP contribution in [0, 0.1) is 0 Å².